The fraction of sp³-hybridized carbons (Fsp3) is 0.667. The second-order valence-electron chi connectivity index (χ2n) is 6.67. The average Bonchev–Trinajstić information content (AvgIpc) is 2.93. The van der Waals surface area contributed by atoms with E-state index in [1.165, 1.54) is 4.90 Å². The van der Waals surface area contributed by atoms with Crippen molar-refractivity contribution in [2.24, 2.45) is 11.8 Å². The molecule has 0 spiro atoms. The van der Waals surface area contributed by atoms with Gasteiger partial charge in [0.2, 0.25) is 0 Å². The van der Waals surface area contributed by atoms with Gasteiger partial charge in [-0.05, 0) is 53.4 Å². The van der Waals surface area contributed by atoms with Crippen molar-refractivity contribution < 1.29 is 14.7 Å². The van der Waals surface area contributed by atoms with E-state index in [1.54, 1.807) is 0 Å². The van der Waals surface area contributed by atoms with E-state index in [4.69, 9.17) is 0 Å². The molecule has 118 valence electrons. The summed E-state index contributed by atoms with van der Waals surface area (Å²) in [5, 5.41) is 16.7. The molecule has 0 radical (unpaired) electrons. The first kappa shape index (κ1) is 14.2. The molecule has 0 bridgehead atoms. The minimum Gasteiger partial charge on any atom is -0.480 e. The monoisotopic (exact) mass is 367 g/mol. The van der Waals surface area contributed by atoms with Crippen molar-refractivity contribution in [2.75, 3.05) is 6.54 Å². The highest BCUT2D eigenvalue weighted by Gasteiger charge is 2.50. The summed E-state index contributed by atoms with van der Waals surface area (Å²) in [6, 6.07) is -0.701. The van der Waals surface area contributed by atoms with Crippen molar-refractivity contribution >= 4 is 27.8 Å². The molecule has 3 fully saturated rings. The third kappa shape index (κ3) is 2.09. The van der Waals surface area contributed by atoms with Crippen LogP contribution in [0.5, 0.6) is 0 Å². The van der Waals surface area contributed by atoms with E-state index in [9.17, 15) is 14.7 Å². The summed E-state index contributed by atoms with van der Waals surface area (Å²) in [4.78, 5) is 26.0. The van der Waals surface area contributed by atoms with Crippen LogP contribution in [0.3, 0.4) is 0 Å². The van der Waals surface area contributed by atoms with E-state index < -0.39 is 12.0 Å². The van der Waals surface area contributed by atoms with Gasteiger partial charge in [-0.15, -0.1) is 0 Å². The predicted octanol–water partition coefficient (Wildman–Crippen LogP) is 2.37. The van der Waals surface area contributed by atoms with E-state index in [0.717, 1.165) is 37.8 Å². The summed E-state index contributed by atoms with van der Waals surface area (Å²) in [5.74, 6) is -0.280. The Bertz CT molecular complexity index is 640. The Morgan fingerprint density at radius 1 is 1.27 bits per heavy atom. The topological polar surface area (TPSA) is 86.3 Å². The third-order valence-electron chi connectivity index (χ3n) is 5.32. The van der Waals surface area contributed by atoms with Gasteiger partial charge in [0, 0.05) is 12.5 Å². The number of aliphatic carboxylic acids is 1. The highest BCUT2D eigenvalue weighted by atomic mass is 79.9. The molecule has 1 saturated heterocycles. The zero-order valence-corrected chi connectivity index (χ0v) is 13.7. The molecule has 2 heterocycles. The van der Waals surface area contributed by atoms with Gasteiger partial charge in [-0.3, -0.25) is 9.89 Å². The number of nitrogens with one attached hydrogen (secondary N) is 1. The van der Waals surface area contributed by atoms with Gasteiger partial charge in [0.1, 0.15) is 6.04 Å². The number of carbonyl (C=O) groups excluding carboxylic acids is 1. The number of hydrogen-bond acceptors (Lipinski definition) is 3. The van der Waals surface area contributed by atoms with Crippen molar-refractivity contribution in [1.29, 1.82) is 0 Å². The number of carboxylic acids is 1. The normalized spacial score (nSPS) is 30.6. The van der Waals surface area contributed by atoms with Crippen molar-refractivity contribution in [1.82, 2.24) is 15.1 Å². The summed E-state index contributed by atoms with van der Waals surface area (Å²) in [5.41, 5.74) is 1.29. The number of carbonyl (C=O) groups is 2. The molecule has 1 aromatic heterocycles. The molecule has 1 amide bonds. The van der Waals surface area contributed by atoms with Crippen LogP contribution < -0.4 is 0 Å². The van der Waals surface area contributed by atoms with Crippen LogP contribution in [-0.4, -0.2) is 44.7 Å². The van der Waals surface area contributed by atoms with Crippen molar-refractivity contribution in [3.63, 3.8) is 0 Å². The number of fused-ring (bicyclic) bond motifs is 1. The Kier molecular flexibility index (Phi) is 3.29. The number of aromatic amines is 1. The van der Waals surface area contributed by atoms with E-state index >= 15 is 0 Å². The first-order valence-corrected chi connectivity index (χ1v) is 8.64. The van der Waals surface area contributed by atoms with Gasteiger partial charge in [-0.1, -0.05) is 6.42 Å². The van der Waals surface area contributed by atoms with Crippen molar-refractivity contribution in [2.45, 2.75) is 44.1 Å². The molecular formula is C15H18BrN3O3. The summed E-state index contributed by atoms with van der Waals surface area (Å²) >= 11 is 3.47. The van der Waals surface area contributed by atoms with E-state index in [2.05, 4.69) is 26.1 Å². The van der Waals surface area contributed by atoms with Gasteiger partial charge < -0.3 is 10.0 Å². The summed E-state index contributed by atoms with van der Waals surface area (Å²) in [7, 11) is 0. The summed E-state index contributed by atoms with van der Waals surface area (Å²) in [6.45, 7) is 0.540. The lowest BCUT2D eigenvalue weighted by Crippen LogP contribution is -2.43. The number of rotatable bonds is 3. The molecule has 2 N–H and O–H groups in total. The fourth-order valence-electron chi connectivity index (χ4n) is 4.09. The Balaban J connectivity index is 1.63. The Labute approximate surface area is 136 Å². The highest BCUT2D eigenvalue weighted by Crippen LogP contribution is 2.45. The van der Waals surface area contributed by atoms with Crippen LogP contribution in [0, 0.1) is 11.8 Å². The lowest BCUT2D eigenvalue weighted by molar-refractivity contribution is -0.142. The molecule has 1 aliphatic heterocycles. The minimum absolute atomic E-state index is 0.0991. The number of aromatic nitrogens is 2. The van der Waals surface area contributed by atoms with Gasteiger partial charge in [-0.25, -0.2) is 4.79 Å². The molecule has 2 saturated carbocycles. The number of likely N-dealkylation sites (tertiary alicyclic amines) is 1. The number of H-pyrrole nitrogens is 1. The van der Waals surface area contributed by atoms with E-state index in [0.29, 0.717) is 28.5 Å². The Morgan fingerprint density at radius 3 is 2.73 bits per heavy atom. The maximum atomic E-state index is 12.8. The molecule has 4 rings (SSSR count). The number of carboxylic acid groups (broad SMARTS) is 1. The van der Waals surface area contributed by atoms with Crippen molar-refractivity contribution in [3.8, 4) is 0 Å². The van der Waals surface area contributed by atoms with Gasteiger partial charge in [0.25, 0.3) is 5.91 Å². The van der Waals surface area contributed by atoms with Crippen LogP contribution in [0.15, 0.2) is 4.47 Å². The first-order valence-electron chi connectivity index (χ1n) is 7.85. The van der Waals surface area contributed by atoms with Crippen molar-refractivity contribution in [3.05, 3.63) is 15.9 Å². The zero-order chi connectivity index (χ0) is 15.4. The number of nitrogens with zero attached hydrogens (tertiary/aromatic N) is 2. The Morgan fingerprint density at radius 2 is 2.05 bits per heavy atom. The van der Waals surface area contributed by atoms with Gasteiger partial charge in [0.15, 0.2) is 5.69 Å². The largest absolute Gasteiger partial charge is 0.480 e. The second kappa shape index (κ2) is 5.08. The molecule has 3 unspecified atom stereocenters. The van der Waals surface area contributed by atoms with Gasteiger partial charge >= 0.3 is 5.97 Å². The lowest BCUT2D eigenvalue weighted by atomic mass is 9.94. The van der Waals surface area contributed by atoms with Crippen LogP contribution in [0.4, 0.5) is 0 Å². The SMILES string of the molecule is O=C(O)C1C2CCCC2CN1C(=O)c1n[nH]c(C2CC2)c1Br. The van der Waals surface area contributed by atoms with Crippen LogP contribution in [-0.2, 0) is 4.79 Å². The van der Waals surface area contributed by atoms with Crippen LogP contribution in [0.2, 0.25) is 0 Å². The zero-order valence-electron chi connectivity index (χ0n) is 12.1. The predicted molar refractivity (Wildman–Crippen MR) is 81.6 cm³/mol. The highest BCUT2D eigenvalue weighted by molar-refractivity contribution is 9.10. The van der Waals surface area contributed by atoms with E-state index in [-0.39, 0.29) is 11.8 Å². The van der Waals surface area contributed by atoms with Gasteiger partial charge in [0.05, 0.1) is 10.2 Å². The number of hydrogen-bond donors (Lipinski definition) is 2. The first-order chi connectivity index (χ1) is 10.6. The molecule has 7 heteroatoms. The Hall–Kier alpha value is -1.37. The fourth-order valence-corrected chi connectivity index (χ4v) is 4.76. The van der Waals surface area contributed by atoms with Crippen LogP contribution in [0.25, 0.3) is 0 Å². The number of halogens is 1. The molecule has 0 aromatic carbocycles. The van der Waals surface area contributed by atoms with E-state index in [1.807, 2.05) is 0 Å². The van der Waals surface area contributed by atoms with Crippen LogP contribution in [0.1, 0.15) is 54.2 Å². The molecule has 2 aliphatic carbocycles. The third-order valence-corrected chi connectivity index (χ3v) is 6.13. The number of amides is 1. The molecule has 22 heavy (non-hydrogen) atoms. The quantitative estimate of drug-likeness (QED) is 0.858. The maximum Gasteiger partial charge on any atom is 0.326 e. The summed E-state index contributed by atoms with van der Waals surface area (Å²) < 4.78 is 0.709. The molecule has 6 nitrogen and oxygen atoms in total. The standard InChI is InChI=1S/C15H18BrN3O3/c16-10-11(7-4-5-7)17-18-12(10)14(20)19-6-8-2-1-3-9(8)13(19)15(21)22/h7-9,13H,1-6H2,(H,17,18)(H,21,22). The average molecular weight is 368 g/mol. The van der Waals surface area contributed by atoms with Gasteiger partial charge in [-0.2, -0.15) is 5.10 Å². The lowest BCUT2D eigenvalue weighted by Gasteiger charge is -2.23. The molecular weight excluding hydrogens is 350 g/mol. The molecule has 1 aromatic rings. The summed E-state index contributed by atoms with van der Waals surface area (Å²) in [6.07, 6.45) is 5.22. The maximum absolute atomic E-state index is 12.8. The second-order valence-corrected chi connectivity index (χ2v) is 7.46. The molecule has 3 aliphatic rings. The minimum atomic E-state index is -0.892. The van der Waals surface area contributed by atoms with Crippen LogP contribution >= 0.6 is 15.9 Å². The smallest absolute Gasteiger partial charge is 0.326 e. The molecule has 3 atom stereocenters.